The van der Waals surface area contributed by atoms with Gasteiger partial charge in [0.25, 0.3) is 0 Å². The first kappa shape index (κ1) is 15.3. The Morgan fingerprint density at radius 3 is 3.00 bits per heavy atom. The van der Waals surface area contributed by atoms with Gasteiger partial charge < -0.3 is 19.9 Å². The summed E-state index contributed by atoms with van der Waals surface area (Å²) in [5.74, 6) is 0.735. The number of fused-ring (bicyclic) bond motifs is 1. The molecule has 4 atom stereocenters. The van der Waals surface area contributed by atoms with Crippen LogP contribution in [0.1, 0.15) is 13.8 Å². The molecule has 2 aliphatic rings. The fourth-order valence-electron chi connectivity index (χ4n) is 2.66. The van der Waals surface area contributed by atoms with Crippen LogP contribution < -0.4 is 5.32 Å². The van der Waals surface area contributed by atoms with Gasteiger partial charge in [-0.05, 0) is 13.8 Å². The van der Waals surface area contributed by atoms with Crippen molar-refractivity contribution in [2.24, 2.45) is 0 Å². The molecule has 3 rings (SSSR count). The highest BCUT2D eigenvalue weighted by atomic mass is 35.5. The van der Waals surface area contributed by atoms with Crippen LogP contribution >= 0.6 is 23.4 Å². The Morgan fingerprint density at radius 2 is 2.24 bits per heavy atom. The largest absolute Gasteiger partial charge is 0.390 e. The second-order valence-corrected chi connectivity index (χ2v) is 7.15. The van der Waals surface area contributed by atoms with Crippen LogP contribution in [0.5, 0.6) is 0 Å². The smallest absolute Gasteiger partial charge is 0.171 e. The number of anilines is 1. The Kier molecular flexibility index (Phi) is 4.29. The topological polar surface area (TPSA) is 76.5 Å². The van der Waals surface area contributed by atoms with Crippen molar-refractivity contribution in [3.63, 3.8) is 0 Å². The molecule has 0 unspecified atom stereocenters. The minimum Gasteiger partial charge on any atom is -0.390 e. The number of hydrogen-bond acceptors (Lipinski definition) is 7. The van der Waals surface area contributed by atoms with Crippen LogP contribution in [-0.4, -0.2) is 56.7 Å². The summed E-state index contributed by atoms with van der Waals surface area (Å²) in [6.45, 7) is 4.14. The van der Waals surface area contributed by atoms with E-state index in [2.05, 4.69) is 15.3 Å². The molecule has 2 N–H and O–H groups in total. The lowest BCUT2D eigenvalue weighted by Gasteiger charge is -2.25. The summed E-state index contributed by atoms with van der Waals surface area (Å²) in [7, 11) is 0. The number of aliphatic hydroxyl groups excluding tert-OH is 1. The Hall–Kier alpha value is -0.600. The first-order chi connectivity index (χ1) is 9.96. The van der Waals surface area contributed by atoms with Crippen LogP contribution in [0, 0.1) is 0 Å². The van der Waals surface area contributed by atoms with E-state index in [1.165, 1.54) is 6.20 Å². The molecule has 2 saturated heterocycles. The molecule has 0 aliphatic carbocycles. The summed E-state index contributed by atoms with van der Waals surface area (Å²) >= 11 is 7.60. The zero-order chi connectivity index (χ0) is 15.0. The van der Waals surface area contributed by atoms with Crippen molar-refractivity contribution >= 4 is 29.2 Å². The Bertz CT molecular complexity index is 519. The van der Waals surface area contributed by atoms with Crippen molar-refractivity contribution in [2.75, 3.05) is 17.6 Å². The monoisotopic (exact) mass is 331 g/mol. The lowest BCUT2D eigenvalue weighted by Crippen LogP contribution is -2.40. The predicted molar refractivity (Wildman–Crippen MR) is 81.6 cm³/mol. The van der Waals surface area contributed by atoms with E-state index in [0.29, 0.717) is 17.5 Å². The van der Waals surface area contributed by atoms with Crippen LogP contribution in [-0.2, 0) is 9.47 Å². The Morgan fingerprint density at radius 1 is 1.48 bits per heavy atom. The number of thioether (sulfide) groups is 1. The molecule has 0 bridgehead atoms. The van der Waals surface area contributed by atoms with Gasteiger partial charge in [0.15, 0.2) is 16.8 Å². The van der Waals surface area contributed by atoms with Crippen molar-refractivity contribution in [1.29, 1.82) is 0 Å². The highest BCUT2D eigenvalue weighted by Gasteiger charge is 2.51. The van der Waals surface area contributed by atoms with Crippen LogP contribution in [0.4, 0.5) is 5.82 Å². The first-order valence-electron chi connectivity index (χ1n) is 6.82. The summed E-state index contributed by atoms with van der Waals surface area (Å²) in [6, 6.07) is 0. The third-order valence-electron chi connectivity index (χ3n) is 3.51. The van der Waals surface area contributed by atoms with Crippen molar-refractivity contribution in [1.82, 2.24) is 9.97 Å². The number of halogens is 1. The highest BCUT2D eigenvalue weighted by Crippen LogP contribution is 2.42. The van der Waals surface area contributed by atoms with E-state index in [9.17, 15) is 5.11 Å². The van der Waals surface area contributed by atoms with Gasteiger partial charge >= 0.3 is 0 Å². The number of rotatable bonds is 4. The maximum Gasteiger partial charge on any atom is 0.171 e. The van der Waals surface area contributed by atoms with Gasteiger partial charge in [0.1, 0.15) is 6.10 Å². The van der Waals surface area contributed by atoms with E-state index in [1.54, 1.807) is 18.0 Å². The summed E-state index contributed by atoms with van der Waals surface area (Å²) in [5.41, 5.74) is 0. The molecule has 1 aromatic heterocycles. The highest BCUT2D eigenvalue weighted by molar-refractivity contribution is 8.00. The maximum atomic E-state index is 10.4. The number of ether oxygens (including phenoxy) is 2. The first-order valence-corrected chi connectivity index (χ1v) is 8.24. The van der Waals surface area contributed by atoms with Crippen LogP contribution in [0.15, 0.2) is 12.4 Å². The minimum atomic E-state index is -0.583. The molecule has 0 aromatic carbocycles. The number of nitrogens with zero attached hydrogens (tertiary/aromatic N) is 2. The lowest BCUT2D eigenvalue weighted by atomic mass is 10.1. The molecule has 0 radical (unpaired) electrons. The normalized spacial score (nSPS) is 31.9. The fourth-order valence-corrected chi connectivity index (χ4v) is 4.24. The molecule has 8 heteroatoms. The zero-order valence-electron chi connectivity index (χ0n) is 11.8. The SMILES string of the molecule is CC1(C)O[C@H]2[C@H]([C@@H](O)CNc3nccnc3Cl)SC[C@H]2O1. The second kappa shape index (κ2) is 5.89. The Labute approximate surface area is 132 Å². The molecule has 2 aliphatic heterocycles. The third kappa shape index (κ3) is 3.27. The second-order valence-electron chi connectivity index (χ2n) is 5.58. The molecule has 21 heavy (non-hydrogen) atoms. The van der Waals surface area contributed by atoms with E-state index < -0.39 is 11.9 Å². The van der Waals surface area contributed by atoms with Gasteiger partial charge in [-0.2, -0.15) is 11.8 Å². The standard InChI is InChI=1S/C13H18ClN3O3S/c1-13(2)19-8-6-21-10(9(8)20-13)7(18)5-17-12-11(14)15-3-4-16-12/h3-4,7-10,18H,5-6H2,1-2H3,(H,16,17)/t7-,8+,9+,10-/m0/s1. The van der Waals surface area contributed by atoms with E-state index in [1.807, 2.05) is 13.8 Å². The van der Waals surface area contributed by atoms with Gasteiger partial charge in [0, 0.05) is 24.7 Å². The average Bonchev–Trinajstić information content (AvgIpc) is 2.92. The van der Waals surface area contributed by atoms with Gasteiger partial charge in [0.05, 0.1) is 17.5 Å². The molecule has 2 fully saturated rings. The predicted octanol–water partition coefficient (Wildman–Crippen LogP) is 1.54. The quantitative estimate of drug-likeness (QED) is 0.866. The molecule has 6 nitrogen and oxygen atoms in total. The molecular weight excluding hydrogens is 314 g/mol. The van der Waals surface area contributed by atoms with Crippen molar-refractivity contribution in [3.05, 3.63) is 17.5 Å². The van der Waals surface area contributed by atoms with Crippen LogP contribution in [0.2, 0.25) is 5.15 Å². The molecule has 116 valence electrons. The number of hydrogen-bond donors (Lipinski definition) is 2. The number of nitrogens with one attached hydrogen (secondary N) is 1. The number of aliphatic hydroxyl groups is 1. The van der Waals surface area contributed by atoms with Crippen molar-refractivity contribution in [2.45, 2.75) is 43.2 Å². The van der Waals surface area contributed by atoms with Gasteiger partial charge in [-0.3, -0.25) is 0 Å². The zero-order valence-corrected chi connectivity index (χ0v) is 13.4. The fraction of sp³-hybridized carbons (Fsp3) is 0.692. The van der Waals surface area contributed by atoms with Crippen molar-refractivity contribution in [3.8, 4) is 0 Å². The van der Waals surface area contributed by atoms with Crippen molar-refractivity contribution < 1.29 is 14.6 Å². The molecule has 0 amide bonds. The van der Waals surface area contributed by atoms with Gasteiger partial charge in [0.2, 0.25) is 0 Å². The minimum absolute atomic E-state index is 0.0280. The van der Waals surface area contributed by atoms with Gasteiger partial charge in [-0.1, -0.05) is 11.6 Å². The van der Waals surface area contributed by atoms with E-state index in [4.69, 9.17) is 21.1 Å². The van der Waals surface area contributed by atoms with E-state index in [0.717, 1.165) is 5.75 Å². The summed E-state index contributed by atoms with van der Waals surface area (Å²) < 4.78 is 11.7. The van der Waals surface area contributed by atoms with Crippen LogP contribution in [0.25, 0.3) is 0 Å². The van der Waals surface area contributed by atoms with E-state index in [-0.39, 0.29) is 17.5 Å². The lowest BCUT2D eigenvalue weighted by molar-refractivity contribution is -0.147. The average molecular weight is 332 g/mol. The molecule has 3 heterocycles. The molecule has 1 aromatic rings. The molecule has 0 saturated carbocycles. The molecular formula is C13H18ClN3O3S. The maximum absolute atomic E-state index is 10.4. The Balaban J connectivity index is 1.59. The summed E-state index contributed by atoms with van der Waals surface area (Å²) in [4.78, 5) is 8.02. The summed E-state index contributed by atoms with van der Waals surface area (Å²) in [5, 5.41) is 13.7. The molecule has 0 spiro atoms. The summed E-state index contributed by atoms with van der Waals surface area (Å²) in [6.07, 6.45) is 2.45. The number of aromatic nitrogens is 2. The van der Waals surface area contributed by atoms with Gasteiger partial charge in [-0.15, -0.1) is 0 Å². The van der Waals surface area contributed by atoms with E-state index >= 15 is 0 Å². The van der Waals surface area contributed by atoms with Gasteiger partial charge in [-0.25, -0.2) is 9.97 Å². The van der Waals surface area contributed by atoms with Crippen LogP contribution in [0.3, 0.4) is 0 Å². The third-order valence-corrected chi connectivity index (χ3v) is 5.27.